The Morgan fingerprint density at radius 2 is 1.07 bits per heavy atom. The number of aliphatic hydroxyl groups is 1. The topological polar surface area (TPSA) is 604 Å². The molecule has 0 spiro atoms. The van der Waals surface area contributed by atoms with E-state index in [1.165, 1.54) is 33.8 Å². The van der Waals surface area contributed by atoms with E-state index in [-0.39, 0.29) is 66.0 Å². The summed E-state index contributed by atoms with van der Waals surface area (Å²) in [5, 5.41) is 57.8. The van der Waals surface area contributed by atoms with Crippen LogP contribution < -0.4 is 85.5 Å². The number of aromatic nitrogens is 1. The highest BCUT2D eigenvalue weighted by Crippen LogP contribution is 2.31. The lowest BCUT2D eigenvalue weighted by Crippen LogP contribution is -2.61. The molecule has 4 aliphatic heterocycles. The molecule has 21 atom stereocenters. The molecule has 4 fully saturated rings. The zero-order valence-corrected chi connectivity index (χ0v) is 84.3. The van der Waals surface area contributed by atoms with Crippen molar-refractivity contribution in [1.29, 1.82) is 0 Å². The lowest BCUT2D eigenvalue weighted by molar-refractivity contribution is -0.139. The van der Waals surface area contributed by atoms with Gasteiger partial charge in [0.05, 0.1) is 49.9 Å². The average Bonchev–Trinajstić information content (AvgIpc) is 1.70. The molecule has 2 aromatic carbocycles. The molecule has 3 aromatic rings. The van der Waals surface area contributed by atoms with Gasteiger partial charge in [0, 0.05) is 128 Å². The minimum Gasteiger partial charge on any atom is -0.481 e. The van der Waals surface area contributed by atoms with Crippen LogP contribution in [0.4, 0.5) is 0 Å². The Morgan fingerprint density at radius 3 is 1.69 bits per heavy atom. The number of aliphatic carboxylic acids is 1. The number of aromatic amines is 1. The van der Waals surface area contributed by atoms with Gasteiger partial charge >= 0.3 is 5.97 Å². The third-order valence-electron chi connectivity index (χ3n) is 24.2. The number of ketones is 4. The Balaban J connectivity index is 1.44. The van der Waals surface area contributed by atoms with Crippen LogP contribution in [0.2, 0.25) is 10.0 Å². The van der Waals surface area contributed by atoms with Gasteiger partial charge in [0.1, 0.15) is 54.4 Å². The van der Waals surface area contributed by atoms with E-state index < -0.39 is 329 Å². The molecule has 15 amide bonds. The maximum absolute atomic E-state index is 16.1. The molecule has 4 aliphatic rings. The summed E-state index contributed by atoms with van der Waals surface area (Å²) in [6.07, 6.45) is -2.35. The van der Waals surface area contributed by atoms with Crippen LogP contribution in [0.25, 0.3) is 10.9 Å². The van der Waals surface area contributed by atoms with E-state index in [4.69, 9.17) is 28.9 Å². The third-order valence-corrected chi connectivity index (χ3v) is 29.8. The Labute approximate surface area is 823 Å². The summed E-state index contributed by atoms with van der Waals surface area (Å²) < 4.78 is 0. The number of amides is 15. The Kier molecular flexibility index (Phi) is 45.5. The molecule has 0 radical (unpaired) electrons. The second-order valence-electron chi connectivity index (χ2n) is 37.0. The largest absolute Gasteiger partial charge is 0.481 e. The fraction of sp³-hybridized carbons (Fsp3) is 0.630. The summed E-state index contributed by atoms with van der Waals surface area (Å²) in [7, 11) is 0. The van der Waals surface area contributed by atoms with Gasteiger partial charge in [-0.1, -0.05) is 145 Å². The van der Waals surface area contributed by atoms with Gasteiger partial charge in [0.15, 0.2) is 23.1 Å². The van der Waals surface area contributed by atoms with Gasteiger partial charge in [-0.15, -0.1) is 0 Å². The number of Topliss-reactive ketones (excluding diaryl/α,β-unsaturated/α-hetero) is 4. The molecule has 7 rings (SSSR count). The number of carbonyl (C=O) groups is 20. The highest BCUT2D eigenvalue weighted by atomic mass is 35.5. The van der Waals surface area contributed by atoms with Crippen molar-refractivity contribution in [2.24, 2.45) is 53.1 Å². The van der Waals surface area contributed by atoms with Crippen molar-refractivity contribution in [2.75, 3.05) is 48.5 Å². The molecule has 20 N–H and O–H groups in total. The number of fused-ring (bicyclic) bond motifs is 19. The van der Waals surface area contributed by atoms with Gasteiger partial charge in [0.2, 0.25) is 88.6 Å². The maximum Gasteiger partial charge on any atom is 0.303 e. The number of halogens is 2. The number of benzene rings is 2. The number of aryl methyl sites for hydroxylation is 1. The van der Waals surface area contributed by atoms with Crippen LogP contribution in [-0.2, 0) is 109 Å². The quantitative estimate of drug-likeness (QED) is 0.0709. The Morgan fingerprint density at radius 1 is 0.504 bits per heavy atom. The van der Waals surface area contributed by atoms with Crippen LogP contribution in [0, 0.1) is 47.3 Å². The summed E-state index contributed by atoms with van der Waals surface area (Å²) in [5.41, 5.74) is 8.17. The summed E-state index contributed by atoms with van der Waals surface area (Å²) in [4.78, 5) is 302. The molecular formula is C92H133Cl2N17O22S4. The van der Waals surface area contributed by atoms with Gasteiger partial charge in [-0.3, -0.25) is 95.9 Å². The molecule has 45 heteroatoms. The zero-order chi connectivity index (χ0) is 102. The zero-order valence-electron chi connectivity index (χ0n) is 79.5. The summed E-state index contributed by atoms with van der Waals surface area (Å²) in [6.45, 7) is 19.6. The van der Waals surface area contributed by atoms with Crippen LogP contribution in [0.1, 0.15) is 166 Å². The van der Waals surface area contributed by atoms with E-state index >= 15 is 52.7 Å². The van der Waals surface area contributed by atoms with Crippen LogP contribution >= 0.6 is 70.2 Å². The number of hydrogen-bond donors (Lipinski definition) is 19. The highest BCUT2D eigenvalue weighted by Gasteiger charge is 2.44. The number of nitrogens with two attached hydrogens (primary N) is 1. The minimum absolute atomic E-state index is 0.0611. The Bertz CT molecular complexity index is 4850. The van der Waals surface area contributed by atoms with Crippen molar-refractivity contribution in [3.63, 3.8) is 0 Å². The van der Waals surface area contributed by atoms with Crippen molar-refractivity contribution in [3.05, 3.63) is 69.8 Å². The van der Waals surface area contributed by atoms with Gasteiger partial charge in [-0.25, -0.2) is 0 Å². The number of thioether (sulfide) groups is 4. The van der Waals surface area contributed by atoms with Gasteiger partial charge < -0.3 is 101 Å². The summed E-state index contributed by atoms with van der Waals surface area (Å²) >= 11 is 16.1. The first-order valence-corrected chi connectivity index (χ1v) is 51.2. The van der Waals surface area contributed by atoms with E-state index in [9.17, 15) is 53.4 Å². The fourth-order valence-electron chi connectivity index (χ4n) is 15.9. The number of H-pyrrole nitrogens is 1. The number of carboxylic acid groups (broad SMARTS) is 1. The second kappa shape index (κ2) is 54.6. The molecule has 5 heterocycles. The van der Waals surface area contributed by atoms with Gasteiger partial charge in [0.25, 0.3) is 0 Å². The highest BCUT2D eigenvalue weighted by molar-refractivity contribution is 8.00. The smallest absolute Gasteiger partial charge is 0.303 e. The number of hydrogen-bond acceptors (Lipinski definition) is 26. The van der Waals surface area contributed by atoms with Crippen LogP contribution in [0.5, 0.6) is 0 Å². The number of carbonyl (C=O) groups excluding carboxylic acids is 19. The number of nitrogens with one attached hydrogen (secondary N) is 16. The molecule has 1 unspecified atom stereocenters. The van der Waals surface area contributed by atoms with E-state index in [2.05, 4.69) is 84.7 Å². The molecule has 137 heavy (non-hydrogen) atoms. The first-order valence-electron chi connectivity index (χ1n) is 46.2. The molecule has 1 aromatic heterocycles. The lowest BCUT2D eigenvalue weighted by Gasteiger charge is -2.31. The number of rotatable bonds is 20. The molecule has 756 valence electrons. The maximum atomic E-state index is 16.1. The Hall–Kier alpha value is -9.92. The van der Waals surface area contributed by atoms with E-state index in [1.807, 2.05) is 0 Å². The average molecular weight is 2030 g/mol. The first-order chi connectivity index (χ1) is 64.6. The number of para-hydroxylation sites is 1. The van der Waals surface area contributed by atoms with Crippen LogP contribution in [0.15, 0.2) is 48.7 Å². The van der Waals surface area contributed by atoms with Crippen molar-refractivity contribution >= 4 is 199 Å². The van der Waals surface area contributed by atoms with Crippen LogP contribution in [0.3, 0.4) is 0 Å². The number of carboxylic acids is 1. The summed E-state index contributed by atoms with van der Waals surface area (Å²) in [6, 6.07) is -11.2. The molecule has 4 saturated heterocycles. The van der Waals surface area contributed by atoms with Crippen molar-refractivity contribution in [1.82, 2.24) is 84.7 Å². The third kappa shape index (κ3) is 35.1. The fourth-order valence-corrected chi connectivity index (χ4v) is 21.0. The van der Waals surface area contributed by atoms with Gasteiger partial charge in [-0.05, 0) is 90.7 Å². The van der Waals surface area contributed by atoms with Crippen molar-refractivity contribution in [2.45, 2.75) is 268 Å². The first kappa shape index (κ1) is 114. The molecule has 39 nitrogen and oxygen atoms in total. The predicted octanol–water partition coefficient (Wildman–Crippen LogP) is 1.29. The normalized spacial score (nSPS) is 28.8. The van der Waals surface area contributed by atoms with Crippen molar-refractivity contribution in [3.8, 4) is 0 Å². The standard InChI is InChI=1S/C92H133Cl2N17O22S4/c1-15-46(10)57-32-71(116)78-49(13)135-40-65-69(114)26-47(11)80(121)103-64(68(113)22-20-51-27-54(93)31-55(94)28-51)39-136-50(14)79(92(133)101-61(25-43(4)5)87(128)108-75(44(6)7)90(131)104-65)107-73(118)35-98-85(126)67(105-86(127)60(100-82(57)123)21-23-74(119)120)41-137-48(12)77(70(115)30-52(24-42(2)3)81(122)110-78)111-89(130)66-38-134-37-58(95)83(124)102-63(36-112)84(125)97-34-72(117)99-62(88(129)109-76(45(8)9)91(132)106-66)29-53-33-96-59-19-17-16-18-56(53)59/h16-19,27-28,31,33,42-50,52,57-58,60-67,75-79,96,112H,15,20-26,29-30,32,34-41,95H2,1-14H3,(H,97,125)(H,98,126)(H,99,117)(H,100,123)(H,101,133)(H,102,124)(H,103,121)(H,104,131)(H,105,127)(H,106,132)(H,107,118)(H,108,128)(H,109,129)(H,110,122)(H,111,130)(H,119,120)/t46?,47-,48+,49+,50+,52-,57+,58+,60+,61+,62+,63+,64+,65+,66-,67+,75+,76+,77-,78-,79+/m1/s1. The minimum atomic E-state index is -1.91. The van der Waals surface area contributed by atoms with Crippen molar-refractivity contribution < 1.29 is 106 Å². The monoisotopic (exact) mass is 2030 g/mol. The molecule has 4 bridgehead atoms. The SMILES string of the molecule is CCC(C)[C@@H]1CC(=O)[C@@H]2NC(=O)[C@H](CC(C)C)CC(=O)[C@H](NC(=O)[C@H]3CSC[C@H](N)C(=O)N[C@@H](CO)C(=O)NCC(=O)N[C@@H](Cc4c[nH]c5ccccc45)C(=O)N[C@@H](C(C)C)C(=O)N3)[C@H](C)SC[C@H](NC(=O)[C@H](CCC(=O)O)NC1=O)C(=O)NCC(=O)N[C@@H]1C(=O)N[C@@H](CC(C)C)C(=O)N[C@@H](C(C)C)C(=O)N[C@@H](CS[C@H]2C)C(=O)C[C@@H](C)C(=O)N[C@H](C(=O)CCc2cc(Cl)cc(Cl)c2)CS[C@H]1C. The van der Waals surface area contributed by atoms with E-state index in [0.29, 0.717) is 22.0 Å². The second-order valence-corrected chi connectivity index (χ2v) is 43.2. The lowest BCUT2D eigenvalue weighted by atomic mass is 9.84. The number of aliphatic hydroxyl groups excluding tert-OH is 1. The summed E-state index contributed by atoms with van der Waals surface area (Å²) in [5.74, 6) is -29.0. The van der Waals surface area contributed by atoms with Crippen LogP contribution in [-0.4, -0.2) is 282 Å². The molecular weight excluding hydrogens is 1890 g/mol. The molecule has 0 aliphatic carbocycles. The van der Waals surface area contributed by atoms with Gasteiger partial charge in [-0.2, -0.15) is 47.0 Å². The van der Waals surface area contributed by atoms with E-state index in [1.54, 1.807) is 112 Å². The predicted molar refractivity (Wildman–Crippen MR) is 521 cm³/mol. The van der Waals surface area contributed by atoms with E-state index in [0.717, 1.165) is 47.0 Å². The molecule has 0 saturated carbocycles.